The highest BCUT2D eigenvalue weighted by molar-refractivity contribution is 5.34. The zero-order valence-electron chi connectivity index (χ0n) is 13.6. The van der Waals surface area contributed by atoms with Gasteiger partial charge in [-0.25, -0.2) is 0 Å². The molecule has 0 radical (unpaired) electrons. The molecule has 2 nitrogen and oxygen atoms in total. The maximum Gasteiger partial charge on any atom is 0.119 e. The van der Waals surface area contributed by atoms with Gasteiger partial charge in [0.15, 0.2) is 0 Å². The number of hydrogen-bond donors (Lipinski definition) is 0. The fourth-order valence-electron chi connectivity index (χ4n) is 3.18. The summed E-state index contributed by atoms with van der Waals surface area (Å²) in [4.78, 5) is 0. The Morgan fingerprint density at radius 2 is 1.91 bits per heavy atom. The number of unbranched alkanes of at least 4 members (excludes halogenated alkanes) is 1. The van der Waals surface area contributed by atoms with E-state index >= 15 is 0 Å². The summed E-state index contributed by atoms with van der Waals surface area (Å²) in [7, 11) is 0. The van der Waals surface area contributed by atoms with Gasteiger partial charge in [0.05, 0.1) is 11.6 Å². The molecule has 0 aromatic heterocycles. The molecule has 0 heterocycles. The first kappa shape index (κ1) is 16.6. The van der Waals surface area contributed by atoms with Crippen molar-refractivity contribution in [3.05, 3.63) is 42.0 Å². The van der Waals surface area contributed by atoms with Crippen LogP contribution < -0.4 is 4.74 Å². The summed E-state index contributed by atoms with van der Waals surface area (Å²) in [6.45, 7) is 2.89. The van der Waals surface area contributed by atoms with E-state index in [1.54, 1.807) is 12.1 Å². The van der Waals surface area contributed by atoms with Crippen molar-refractivity contribution in [3.63, 3.8) is 0 Å². The van der Waals surface area contributed by atoms with Crippen LogP contribution in [-0.2, 0) is 0 Å². The van der Waals surface area contributed by atoms with Crippen molar-refractivity contribution in [3.8, 4) is 11.8 Å². The molecule has 1 fully saturated rings. The minimum atomic E-state index is 0.613. The monoisotopic (exact) mass is 297 g/mol. The van der Waals surface area contributed by atoms with Crippen LogP contribution in [0.5, 0.6) is 5.75 Å². The molecular formula is C20H27NO. The summed E-state index contributed by atoms with van der Waals surface area (Å²) in [6.07, 6.45) is 14.1. The van der Waals surface area contributed by atoms with E-state index in [4.69, 9.17) is 10.00 Å². The first-order valence-electron chi connectivity index (χ1n) is 8.61. The number of hydrogen-bond acceptors (Lipinski definition) is 2. The van der Waals surface area contributed by atoms with Crippen LogP contribution in [0.3, 0.4) is 0 Å². The molecule has 0 N–H and O–H groups in total. The molecule has 2 heteroatoms. The second kappa shape index (κ2) is 9.30. The Bertz CT molecular complexity index is 489. The smallest absolute Gasteiger partial charge is 0.119 e. The average Bonchev–Trinajstić information content (AvgIpc) is 2.58. The summed E-state index contributed by atoms with van der Waals surface area (Å²) in [6, 6.07) is 9.39. The second-order valence-corrected chi connectivity index (χ2v) is 6.30. The van der Waals surface area contributed by atoms with Crippen molar-refractivity contribution in [1.82, 2.24) is 0 Å². The molecule has 2 rings (SSSR count). The zero-order chi connectivity index (χ0) is 15.6. The molecule has 0 atom stereocenters. The number of ether oxygens (including phenoxy) is 1. The molecule has 1 aromatic rings. The Balaban J connectivity index is 1.65. The van der Waals surface area contributed by atoms with Gasteiger partial charge in [0, 0.05) is 0 Å². The lowest BCUT2D eigenvalue weighted by atomic mass is 9.80. The maximum absolute atomic E-state index is 8.75. The topological polar surface area (TPSA) is 33.0 Å². The predicted molar refractivity (Wildman–Crippen MR) is 90.8 cm³/mol. The van der Waals surface area contributed by atoms with E-state index in [-0.39, 0.29) is 0 Å². The van der Waals surface area contributed by atoms with Crippen LogP contribution >= 0.6 is 0 Å². The van der Waals surface area contributed by atoms with Gasteiger partial charge in [0.1, 0.15) is 12.4 Å². The molecule has 1 aliphatic carbocycles. The molecule has 1 saturated carbocycles. The Hall–Kier alpha value is -1.75. The van der Waals surface area contributed by atoms with E-state index in [2.05, 4.69) is 25.1 Å². The third-order valence-corrected chi connectivity index (χ3v) is 4.60. The van der Waals surface area contributed by atoms with E-state index in [0.717, 1.165) is 17.6 Å². The standard InChI is InChI=1S/C20H27NO/c1-2-3-5-17-7-9-18(10-8-17)6-4-15-22-20-13-11-19(16-21)12-14-20/h4,6,11-14,17-18H,2-3,5,7-10,15H2,1H3/b6-4+/t17-,18-. The van der Waals surface area contributed by atoms with E-state index in [1.165, 1.54) is 44.9 Å². The first-order chi connectivity index (χ1) is 10.8. The summed E-state index contributed by atoms with van der Waals surface area (Å²) in [5.41, 5.74) is 0.669. The summed E-state index contributed by atoms with van der Waals surface area (Å²) < 4.78 is 5.67. The summed E-state index contributed by atoms with van der Waals surface area (Å²) in [5.74, 6) is 2.54. The predicted octanol–water partition coefficient (Wildman–Crippen LogP) is 5.49. The minimum absolute atomic E-state index is 0.613. The molecule has 1 aliphatic rings. The van der Waals surface area contributed by atoms with Gasteiger partial charge in [-0.1, -0.05) is 38.3 Å². The first-order valence-corrected chi connectivity index (χ1v) is 8.61. The van der Waals surface area contributed by atoms with Gasteiger partial charge in [-0.3, -0.25) is 0 Å². The van der Waals surface area contributed by atoms with Gasteiger partial charge >= 0.3 is 0 Å². The van der Waals surface area contributed by atoms with Crippen LogP contribution in [0.15, 0.2) is 36.4 Å². The van der Waals surface area contributed by atoms with Gasteiger partial charge < -0.3 is 4.74 Å². The summed E-state index contributed by atoms with van der Waals surface area (Å²) in [5, 5.41) is 8.75. The van der Waals surface area contributed by atoms with Crippen LogP contribution in [0, 0.1) is 23.2 Å². The highest BCUT2D eigenvalue weighted by atomic mass is 16.5. The Labute approximate surface area is 134 Å². The van der Waals surface area contributed by atoms with Gasteiger partial charge in [-0.2, -0.15) is 5.26 Å². The Morgan fingerprint density at radius 1 is 1.18 bits per heavy atom. The molecular weight excluding hydrogens is 270 g/mol. The molecule has 0 amide bonds. The molecule has 22 heavy (non-hydrogen) atoms. The average molecular weight is 297 g/mol. The molecule has 0 bridgehead atoms. The minimum Gasteiger partial charge on any atom is -0.490 e. The lowest BCUT2D eigenvalue weighted by molar-refractivity contribution is 0.289. The molecule has 1 aromatic carbocycles. The van der Waals surface area contributed by atoms with Crippen LogP contribution in [0.4, 0.5) is 0 Å². The third kappa shape index (κ3) is 5.56. The molecule has 0 aliphatic heterocycles. The van der Waals surface area contributed by atoms with Crippen molar-refractivity contribution in [2.24, 2.45) is 11.8 Å². The number of rotatable bonds is 7. The number of allylic oxidation sites excluding steroid dienone is 1. The van der Waals surface area contributed by atoms with Gasteiger partial charge in [-0.05, 0) is 61.8 Å². The van der Waals surface area contributed by atoms with E-state index in [1.807, 2.05) is 12.1 Å². The highest BCUT2D eigenvalue weighted by Crippen LogP contribution is 2.32. The van der Waals surface area contributed by atoms with Crippen molar-refractivity contribution >= 4 is 0 Å². The largest absolute Gasteiger partial charge is 0.490 e. The quantitative estimate of drug-likeness (QED) is 0.623. The Kier molecular flexibility index (Phi) is 7.03. The van der Waals surface area contributed by atoms with Crippen LogP contribution in [0.1, 0.15) is 57.4 Å². The van der Waals surface area contributed by atoms with E-state index in [9.17, 15) is 0 Å². The summed E-state index contributed by atoms with van der Waals surface area (Å²) >= 11 is 0. The third-order valence-electron chi connectivity index (χ3n) is 4.60. The molecule has 118 valence electrons. The fourth-order valence-corrected chi connectivity index (χ4v) is 3.18. The van der Waals surface area contributed by atoms with Crippen molar-refractivity contribution in [1.29, 1.82) is 5.26 Å². The molecule has 0 unspecified atom stereocenters. The fraction of sp³-hybridized carbons (Fsp3) is 0.550. The number of benzene rings is 1. The maximum atomic E-state index is 8.75. The van der Waals surface area contributed by atoms with Gasteiger partial charge in [-0.15, -0.1) is 0 Å². The second-order valence-electron chi connectivity index (χ2n) is 6.30. The lowest BCUT2D eigenvalue weighted by Gasteiger charge is -2.26. The zero-order valence-corrected chi connectivity index (χ0v) is 13.6. The Morgan fingerprint density at radius 3 is 2.55 bits per heavy atom. The van der Waals surface area contributed by atoms with Crippen molar-refractivity contribution in [2.75, 3.05) is 6.61 Å². The van der Waals surface area contributed by atoms with Crippen LogP contribution in [0.25, 0.3) is 0 Å². The number of nitriles is 1. The lowest BCUT2D eigenvalue weighted by Crippen LogP contribution is -2.13. The molecule has 0 saturated heterocycles. The molecule has 0 spiro atoms. The van der Waals surface area contributed by atoms with Gasteiger partial charge in [0.2, 0.25) is 0 Å². The normalized spacial score (nSPS) is 21.6. The van der Waals surface area contributed by atoms with Gasteiger partial charge in [0.25, 0.3) is 0 Å². The van der Waals surface area contributed by atoms with Crippen LogP contribution in [-0.4, -0.2) is 6.61 Å². The SMILES string of the molecule is CCCC[C@H]1CC[C@H](/C=C/COc2ccc(C#N)cc2)CC1. The van der Waals surface area contributed by atoms with Crippen molar-refractivity contribution in [2.45, 2.75) is 51.9 Å². The van der Waals surface area contributed by atoms with Crippen molar-refractivity contribution < 1.29 is 4.74 Å². The van der Waals surface area contributed by atoms with Crippen LogP contribution in [0.2, 0.25) is 0 Å². The van der Waals surface area contributed by atoms with E-state index in [0.29, 0.717) is 12.2 Å². The van der Waals surface area contributed by atoms with E-state index < -0.39 is 0 Å². The number of nitrogens with zero attached hydrogens (tertiary/aromatic N) is 1. The highest BCUT2D eigenvalue weighted by Gasteiger charge is 2.18.